The van der Waals surface area contributed by atoms with Crippen LogP contribution in [0.15, 0.2) is 35.5 Å². The average Bonchev–Trinajstić information content (AvgIpc) is 2.80. The molecule has 7 heteroatoms. The maximum absolute atomic E-state index is 13.1. The third-order valence-corrected chi connectivity index (χ3v) is 5.94. The molecule has 1 heterocycles. The molecule has 0 fully saturated rings. The van der Waals surface area contributed by atoms with Gasteiger partial charge in [0, 0.05) is 40.9 Å². The highest BCUT2D eigenvalue weighted by atomic mass is 16.5. The van der Waals surface area contributed by atoms with Crippen LogP contribution >= 0.6 is 0 Å². The highest BCUT2D eigenvalue weighted by Gasteiger charge is 2.38. The van der Waals surface area contributed by atoms with E-state index < -0.39 is 0 Å². The molecule has 0 radical (unpaired) electrons. The van der Waals surface area contributed by atoms with E-state index in [-0.39, 0.29) is 11.7 Å². The van der Waals surface area contributed by atoms with Crippen LogP contribution in [-0.4, -0.2) is 41.3 Å². The Morgan fingerprint density at radius 1 is 0.774 bits per heavy atom. The van der Waals surface area contributed by atoms with Gasteiger partial charge >= 0.3 is 0 Å². The summed E-state index contributed by atoms with van der Waals surface area (Å²) in [4.78, 5) is 13.1. The van der Waals surface area contributed by atoms with Crippen LogP contribution in [0.3, 0.4) is 0 Å². The maximum Gasteiger partial charge on any atom is 0.203 e. The molecule has 1 aliphatic heterocycles. The highest BCUT2D eigenvalue weighted by molar-refractivity contribution is 6.01. The van der Waals surface area contributed by atoms with Gasteiger partial charge in [0.1, 0.15) is 0 Å². The number of ketones is 1. The van der Waals surface area contributed by atoms with Crippen molar-refractivity contribution in [3.8, 4) is 28.7 Å². The van der Waals surface area contributed by atoms with Crippen molar-refractivity contribution in [3.05, 3.63) is 46.7 Å². The number of hydrogen-bond acceptors (Lipinski definition) is 7. The third-order valence-electron chi connectivity index (χ3n) is 5.94. The van der Waals surface area contributed by atoms with Gasteiger partial charge in [-0.3, -0.25) is 4.79 Å². The first-order valence-corrected chi connectivity index (χ1v) is 10.2. The standard InChI is InChI=1S/C24H27NO6/c1-27-18-10-9-13(23(30-4)24(18)31-5)21-14-11-19(28-2)20(29-3)12-16(14)25-15-7-6-8-17(26)22(15)21/h9-12,21,25H,6-8H2,1-5H3/t21-/m1/s1. The number of nitrogens with one attached hydrogen (secondary N) is 1. The van der Waals surface area contributed by atoms with E-state index in [0.29, 0.717) is 35.2 Å². The number of methoxy groups -OCH3 is 5. The van der Waals surface area contributed by atoms with Crippen molar-refractivity contribution in [1.29, 1.82) is 0 Å². The van der Waals surface area contributed by atoms with Crippen molar-refractivity contribution in [1.82, 2.24) is 0 Å². The molecule has 0 unspecified atom stereocenters. The minimum atomic E-state index is -0.339. The second-order valence-corrected chi connectivity index (χ2v) is 7.44. The molecule has 0 amide bonds. The lowest BCUT2D eigenvalue weighted by Gasteiger charge is -2.35. The number of hydrogen-bond donors (Lipinski definition) is 1. The van der Waals surface area contributed by atoms with Crippen LogP contribution in [0, 0.1) is 0 Å². The number of allylic oxidation sites excluding steroid dienone is 2. The summed E-state index contributed by atoms with van der Waals surface area (Å²) in [6.07, 6.45) is 2.15. The molecule has 4 rings (SSSR count). The van der Waals surface area contributed by atoms with E-state index >= 15 is 0 Å². The number of anilines is 1. The molecule has 0 saturated heterocycles. The molecular formula is C24H27NO6. The maximum atomic E-state index is 13.1. The topological polar surface area (TPSA) is 75.2 Å². The molecule has 0 bridgehead atoms. The van der Waals surface area contributed by atoms with E-state index in [2.05, 4.69) is 5.32 Å². The summed E-state index contributed by atoms with van der Waals surface area (Å²) in [6.45, 7) is 0. The number of ether oxygens (including phenoxy) is 5. The molecule has 31 heavy (non-hydrogen) atoms. The number of Topliss-reactive ketones (excluding diaryl/α,β-unsaturated/α-hetero) is 1. The Morgan fingerprint density at radius 2 is 1.45 bits per heavy atom. The number of carbonyl (C=O) groups excluding carboxylic acids is 1. The van der Waals surface area contributed by atoms with E-state index in [4.69, 9.17) is 23.7 Å². The molecule has 2 aromatic rings. The van der Waals surface area contributed by atoms with Gasteiger partial charge in [0.2, 0.25) is 5.75 Å². The lowest BCUT2D eigenvalue weighted by molar-refractivity contribution is -0.116. The van der Waals surface area contributed by atoms with Crippen molar-refractivity contribution in [2.45, 2.75) is 25.2 Å². The van der Waals surface area contributed by atoms with Crippen molar-refractivity contribution < 1.29 is 28.5 Å². The fourth-order valence-electron chi connectivity index (χ4n) is 4.56. The summed E-state index contributed by atoms with van der Waals surface area (Å²) in [5.41, 5.74) is 4.33. The van der Waals surface area contributed by atoms with Gasteiger partial charge in [-0.2, -0.15) is 0 Å². The largest absolute Gasteiger partial charge is 0.493 e. The second kappa shape index (κ2) is 8.41. The van der Waals surface area contributed by atoms with Crippen LogP contribution in [0.4, 0.5) is 5.69 Å². The Bertz CT molecular complexity index is 1060. The predicted octanol–water partition coefficient (Wildman–Crippen LogP) is 4.29. The van der Waals surface area contributed by atoms with Gasteiger partial charge in [0.15, 0.2) is 28.8 Å². The van der Waals surface area contributed by atoms with Crippen LogP contribution in [0.5, 0.6) is 28.7 Å². The summed E-state index contributed by atoms with van der Waals surface area (Å²) in [7, 11) is 7.96. The zero-order chi connectivity index (χ0) is 22.1. The lowest BCUT2D eigenvalue weighted by atomic mass is 9.75. The second-order valence-electron chi connectivity index (χ2n) is 7.44. The molecule has 2 aliphatic rings. The Labute approximate surface area is 181 Å². The van der Waals surface area contributed by atoms with E-state index in [9.17, 15) is 4.79 Å². The van der Waals surface area contributed by atoms with Crippen molar-refractivity contribution >= 4 is 11.5 Å². The molecule has 0 saturated carbocycles. The van der Waals surface area contributed by atoms with Gasteiger partial charge in [-0.25, -0.2) is 0 Å². The Hall–Kier alpha value is -3.35. The van der Waals surface area contributed by atoms with Crippen molar-refractivity contribution in [3.63, 3.8) is 0 Å². The van der Waals surface area contributed by atoms with Crippen LogP contribution < -0.4 is 29.0 Å². The predicted molar refractivity (Wildman–Crippen MR) is 117 cm³/mol. The lowest BCUT2D eigenvalue weighted by Crippen LogP contribution is -2.27. The molecule has 2 aromatic carbocycles. The van der Waals surface area contributed by atoms with E-state index in [1.807, 2.05) is 24.3 Å². The van der Waals surface area contributed by atoms with Gasteiger partial charge in [-0.15, -0.1) is 0 Å². The van der Waals surface area contributed by atoms with Gasteiger partial charge in [0.25, 0.3) is 0 Å². The average molecular weight is 425 g/mol. The van der Waals surface area contributed by atoms with Gasteiger partial charge in [0.05, 0.1) is 35.5 Å². The smallest absolute Gasteiger partial charge is 0.203 e. The van der Waals surface area contributed by atoms with E-state index in [1.54, 1.807) is 35.5 Å². The van der Waals surface area contributed by atoms with Crippen LogP contribution in [0.25, 0.3) is 0 Å². The minimum Gasteiger partial charge on any atom is -0.493 e. The normalized spacial score (nSPS) is 17.3. The molecule has 1 aliphatic carbocycles. The molecular weight excluding hydrogens is 398 g/mol. The van der Waals surface area contributed by atoms with Crippen LogP contribution in [0.2, 0.25) is 0 Å². The highest BCUT2D eigenvalue weighted by Crippen LogP contribution is 2.53. The third kappa shape index (κ3) is 3.34. The van der Waals surface area contributed by atoms with Gasteiger partial charge in [-0.1, -0.05) is 6.07 Å². The summed E-state index contributed by atoms with van der Waals surface area (Å²) >= 11 is 0. The number of carbonyl (C=O) groups is 1. The molecule has 0 spiro atoms. The minimum absolute atomic E-state index is 0.135. The summed E-state index contributed by atoms with van der Waals surface area (Å²) in [6, 6.07) is 7.61. The monoisotopic (exact) mass is 425 g/mol. The van der Waals surface area contributed by atoms with Crippen LogP contribution in [0.1, 0.15) is 36.3 Å². The summed E-state index contributed by atoms with van der Waals surface area (Å²) in [5, 5.41) is 3.47. The van der Waals surface area contributed by atoms with Crippen molar-refractivity contribution in [2.75, 3.05) is 40.9 Å². The number of fused-ring (bicyclic) bond motifs is 1. The first-order valence-electron chi connectivity index (χ1n) is 10.2. The molecule has 0 aromatic heterocycles. The fraction of sp³-hybridized carbons (Fsp3) is 0.375. The Kier molecular flexibility index (Phi) is 5.67. The fourth-order valence-corrected chi connectivity index (χ4v) is 4.56. The molecule has 164 valence electrons. The number of benzene rings is 2. The summed E-state index contributed by atoms with van der Waals surface area (Å²) in [5.74, 6) is 2.62. The molecule has 1 atom stereocenters. The van der Waals surface area contributed by atoms with Gasteiger partial charge in [-0.05, 0) is 30.5 Å². The Morgan fingerprint density at radius 3 is 2.10 bits per heavy atom. The number of rotatable bonds is 6. The molecule has 7 nitrogen and oxygen atoms in total. The van der Waals surface area contributed by atoms with E-state index in [0.717, 1.165) is 40.9 Å². The quantitative estimate of drug-likeness (QED) is 0.740. The van der Waals surface area contributed by atoms with Crippen molar-refractivity contribution in [2.24, 2.45) is 0 Å². The Balaban J connectivity index is 2.02. The first-order chi connectivity index (χ1) is 15.1. The van der Waals surface area contributed by atoms with Crippen LogP contribution in [-0.2, 0) is 4.79 Å². The SMILES string of the molecule is COc1cc2c(cc1OC)[C@@H](c1ccc(OC)c(OC)c1OC)C1=C(CCCC1=O)N2. The summed E-state index contributed by atoms with van der Waals surface area (Å²) < 4.78 is 27.9. The first kappa shape index (κ1) is 20.9. The zero-order valence-electron chi connectivity index (χ0n) is 18.5. The molecule has 1 N–H and O–H groups in total. The zero-order valence-corrected chi connectivity index (χ0v) is 18.5. The van der Waals surface area contributed by atoms with E-state index in [1.165, 1.54) is 0 Å². The van der Waals surface area contributed by atoms with Gasteiger partial charge < -0.3 is 29.0 Å².